The number of hydrogen-bond donors (Lipinski definition) is 0. The van der Waals surface area contributed by atoms with Gasteiger partial charge in [-0.2, -0.15) is 0 Å². The second-order valence-electron chi connectivity index (χ2n) is 7.68. The van der Waals surface area contributed by atoms with Crippen molar-refractivity contribution in [3.63, 3.8) is 0 Å². The van der Waals surface area contributed by atoms with Crippen molar-refractivity contribution in [2.75, 3.05) is 38.1 Å². The van der Waals surface area contributed by atoms with Crippen molar-refractivity contribution in [3.05, 3.63) is 45.2 Å². The van der Waals surface area contributed by atoms with Gasteiger partial charge in [0.05, 0.1) is 10.5 Å². The minimum atomic E-state index is -0.177. The number of thioether (sulfide) groups is 1. The van der Waals surface area contributed by atoms with Gasteiger partial charge < -0.3 is 9.80 Å². The normalized spacial score (nSPS) is 20.6. The highest BCUT2D eigenvalue weighted by Gasteiger charge is 2.35. The third kappa shape index (κ3) is 3.77. The molecule has 0 radical (unpaired) electrons. The number of aromatic nitrogens is 2. The SMILES string of the molecule is CCC(C)N1C(=O)C(=Cc2c(N3CCN(C)CC3)nc3ccccn3c2=O)SC1=S. The molecule has 1 atom stereocenters. The van der Waals surface area contributed by atoms with Gasteiger partial charge in [0.2, 0.25) is 0 Å². The number of hydrogen-bond acceptors (Lipinski definition) is 7. The molecule has 0 spiro atoms. The van der Waals surface area contributed by atoms with E-state index in [1.54, 1.807) is 23.2 Å². The summed E-state index contributed by atoms with van der Waals surface area (Å²) in [6.45, 7) is 7.35. The van der Waals surface area contributed by atoms with Crippen molar-refractivity contribution in [2.24, 2.45) is 0 Å². The highest BCUT2D eigenvalue weighted by atomic mass is 32.2. The summed E-state index contributed by atoms with van der Waals surface area (Å²) >= 11 is 6.70. The smallest absolute Gasteiger partial charge is 0.267 e. The van der Waals surface area contributed by atoms with Gasteiger partial charge in [-0.25, -0.2) is 4.98 Å². The molecular formula is C21H25N5O2S2. The molecule has 0 saturated carbocycles. The van der Waals surface area contributed by atoms with Crippen LogP contribution in [0.1, 0.15) is 25.8 Å². The van der Waals surface area contributed by atoms with Gasteiger partial charge in [0, 0.05) is 38.4 Å². The van der Waals surface area contributed by atoms with Gasteiger partial charge in [-0.3, -0.25) is 18.9 Å². The first-order valence-electron chi connectivity index (χ1n) is 10.1. The zero-order valence-corrected chi connectivity index (χ0v) is 19.0. The van der Waals surface area contributed by atoms with E-state index in [9.17, 15) is 9.59 Å². The number of pyridine rings is 1. The maximum Gasteiger partial charge on any atom is 0.267 e. The van der Waals surface area contributed by atoms with Crippen molar-refractivity contribution in [3.8, 4) is 0 Å². The molecule has 0 aliphatic carbocycles. The molecule has 2 fully saturated rings. The number of piperazine rings is 1. The van der Waals surface area contributed by atoms with Crippen molar-refractivity contribution in [2.45, 2.75) is 26.3 Å². The van der Waals surface area contributed by atoms with Crippen LogP contribution in [-0.4, -0.2) is 68.7 Å². The molecule has 2 aromatic rings. The maximum atomic E-state index is 13.4. The largest absolute Gasteiger partial charge is 0.353 e. The third-order valence-electron chi connectivity index (χ3n) is 5.68. The van der Waals surface area contributed by atoms with Crippen LogP contribution in [0.25, 0.3) is 11.7 Å². The number of carbonyl (C=O) groups is 1. The van der Waals surface area contributed by atoms with Crippen LogP contribution < -0.4 is 10.5 Å². The van der Waals surface area contributed by atoms with E-state index in [-0.39, 0.29) is 17.5 Å². The molecule has 1 unspecified atom stereocenters. The molecule has 2 aliphatic heterocycles. The Labute approximate surface area is 185 Å². The average Bonchev–Trinajstić information content (AvgIpc) is 3.03. The maximum absolute atomic E-state index is 13.4. The van der Waals surface area contributed by atoms with Crippen LogP contribution >= 0.6 is 24.0 Å². The Balaban J connectivity index is 1.83. The van der Waals surface area contributed by atoms with E-state index in [0.717, 1.165) is 32.6 Å². The van der Waals surface area contributed by atoms with Gasteiger partial charge in [-0.05, 0) is 38.6 Å². The Kier molecular flexibility index (Phi) is 5.95. The molecule has 30 heavy (non-hydrogen) atoms. The molecule has 4 heterocycles. The molecule has 7 nitrogen and oxygen atoms in total. The summed E-state index contributed by atoms with van der Waals surface area (Å²) in [6.07, 6.45) is 4.21. The first kappa shape index (κ1) is 21.0. The van der Waals surface area contributed by atoms with Crippen LogP contribution in [0.15, 0.2) is 34.1 Å². The Bertz CT molecular complexity index is 1090. The standard InChI is InChI=1S/C21H25N5O2S2/c1-4-14(2)26-20(28)16(30-21(26)29)13-15-18(24-11-9-23(3)10-12-24)22-17-7-5-6-8-25(17)19(15)27/h5-8,13-14H,4,9-12H2,1-3H3. The minimum Gasteiger partial charge on any atom is -0.353 e. The van der Waals surface area contributed by atoms with Gasteiger partial charge in [0.1, 0.15) is 15.8 Å². The van der Waals surface area contributed by atoms with Gasteiger partial charge in [-0.1, -0.05) is 37.0 Å². The number of anilines is 1. The van der Waals surface area contributed by atoms with Gasteiger partial charge in [0.15, 0.2) is 0 Å². The lowest BCUT2D eigenvalue weighted by atomic mass is 10.2. The van der Waals surface area contributed by atoms with E-state index in [2.05, 4.69) is 16.8 Å². The second kappa shape index (κ2) is 8.49. The Morgan fingerprint density at radius 1 is 1.23 bits per heavy atom. The summed E-state index contributed by atoms with van der Waals surface area (Å²) in [5.74, 6) is 0.495. The molecule has 2 aromatic heterocycles. The van der Waals surface area contributed by atoms with Crippen molar-refractivity contribution in [1.29, 1.82) is 0 Å². The molecule has 0 N–H and O–H groups in total. The number of amides is 1. The van der Waals surface area contributed by atoms with E-state index in [1.165, 1.54) is 16.2 Å². The Hall–Kier alpha value is -2.23. The quantitative estimate of drug-likeness (QED) is 0.531. The van der Waals surface area contributed by atoms with E-state index in [0.29, 0.717) is 26.3 Å². The molecule has 9 heteroatoms. The molecule has 2 saturated heterocycles. The van der Waals surface area contributed by atoms with E-state index in [1.807, 2.05) is 26.0 Å². The highest BCUT2D eigenvalue weighted by molar-refractivity contribution is 8.26. The van der Waals surface area contributed by atoms with Crippen molar-refractivity contribution < 1.29 is 4.79 Å². The van der Waals surface area contributed by atoms with Gasteiger partial charge in [-0.15, -0.1) is 0 Å². The van der Waals surface area contributed by atoms with Gasteiger partial charge >= 0.3 is 0 Å². The zero-order chi connectivity index (χ0) is 21.4. The Morgan fingerprint density at radius 2 is 1.97 bits per heavy atom. The van der Waals surface area contributed by atoms with Crippen molar-refractivity contribution in [1.82, 2.24) is 19.2 Å². The Morgan fingerprint density at radius 3 is 2.67 bits per heavy atom. The van der Waals surface area contributed by atoms with Crippen LogP contribution in [-0.2, 0) is 4.79 Å². The molecule has 158 valence electrons. The zero-order valence-electron chi connectivity index (χ0n) is 17.4. The monoisotopic (exact) mass is 443 g/mol. The van der Waals surface area contributed by atoms with Crippen LogP contribution in [0.3, 0.4) is 0 Å². The van der Waals surface area contributed by atoms with Crippen LogP contribution in [0.2, 0.25) is 0 Å². The lowest BCUT2D eigenvalue weighted by Gasteiger charge is -2.34. The summed E-state index contributed by atoms with van der Waals surface area (Å²) < 4.78 is 2.07. The van der Waals surface area contributed by atoms with E-state index < -0.39 is 0 Å². The predicted molar refractivity (Wildman–Crippen MR) is 126 cm³/mol. The molecular weight excluding hydrogens is 418 g/mol. The fraction of sp³-hybridized carbons (Fsp3) is 0.429. The molecule has 0 bridgehead atoms. The minimum absolute atomic E-state index is 0.0244. The average molecular weight is 444 g/mol. The topological polar surface area (TPSA) is 61.2 Å². The fourth-order valence-corrected chi connectivity index (χ4v) is 5.09. The number of thiocarbonyl (C=S) groups is 1. The predicted octanol–water partition coefficient (Wildman–Crippen LogP) is 2.45. The van der Waals surface area contributed by atoms with Crippen molar-refractivity contribution >= 4 is 51.7 Å². The van der Waals surface area contributed by atoms with Gasteiger partial charge in [0.25, 0.3) is 11.5 Å². The highest BCUT2D eigenvalue weighted by Crippen LogP contribution is 2.35. The fourth-order valence-electron chi connectivity index (χ4n) is 3.65. The number of likely N-dealkylation sites (N-methyl/N-ethyl adjacent to an activating group) is 1. The molecule has 4 rings (SSSR count). The molecule has 2 aliphatic rings. The first-order chi connectivity index (χ1) is 14.4. The number of nitrogens with zero attached hydrogens (tertiary/aromatic N) is 5. The summed E-state index contributed by atoms with van der Waals surface area (Å²) in [5.41, 5.74) is 0.858. The lowest BCUT2D eigenvalue weighted by molar-refractivity contribution is -0.123. The van der Waals surface area contributed by atoms with E-state index >= 15 is 0 Å². The third-order valence-corrected chi connectivity index (χ3v) is 7.01. The lowest BCUT2D eigenvalue weighted by Crippen LogP contribution is -2.45. The van der Waals surface area contributed by atoms with E-state index in [4.69, 9.17) is 17.2 Å². The number of rotatable bonds is 4. The number of carbonyl (C=O) groups excluding carboxylic acids is 1. The molecule has 1 amide bonds. The second-order valence-corrected chi connectivity index (χ2v) is 9.36. The number of fused-ring (bicyclic) bond motifs is 1. The summed E-state index contributed by atoms with van der Waals surface area (Å²) in [5, 5.41) is 0. The van der Waals surface area contributed by atoms with Crippen LogP contribution in [0, 0.1) is 0 Å². The van der Waals surface area contributed by atoms with Crippen LogP contribution in [0.5, 0.6) is 0 Å². The summed E-state index contributed by atoms with van der Waals surface area (Å²) in [4.78, 5) is 37.7. The van der Waals surface area contributed by atoms with Crippen LogP contribution in [0.4, 0.5) is 5.82 Å². The molecule has 0 aromatic carbocycles. The summed E-state index contributed by atoms with van der Waals surface area (Å²) in [6, 6.07) is 5.52. The first-order valence-corrected chi connectivity index (χ1v) is 11.3. The summed E-state index contributed by atoms with van der Waals surface area (Å²) in [7, 11) is 2.08.